The summed E-state index contributed by atoms with van der Waals surface area (Å²) in [7, 11) is 0. The number of nitrogens with one attached hydrogen (secondary N) is 3. The second-order valence-corrected chi connectivity index (χ2v) is 7.57. The third kappa shape index (κ3) is 8.85. The summed E-state index contributed by atoms with van der Waals surface area (Å²) in [6.07, 6.45) is 0.622. The summed E-state index contributed by atoms with van der Waals surface area (Å²) in [6.45, 7) is 3.02. The fourth-order valence-electron chi connectivity index (χ4n) is 2.67. The van der Waals surface area contributed by atoms with Gasteiger partial charge in [-0.1, -0.05) is 32.4 Å². The first-order valence-corrected chi connectivity index (χ1v) is 10.5. The Bertz CT molecular complexity index is 773. The number of amides is 3. The number of carbonyl (C=O) groups is 4. The molecule has 3 amide bonds. The van der Waals surface area contributed by atoms with E-state index in [1.165, 1.54) is 12.1 Å². The number of rotatable bonds is 12. The van der Waals surface area contributed by atoms with Gasteiger partial charge in [-0.05, 0) is 23.6 Å². The van der Waals surface area contributed by atoms with E-state index in [0.717, 1.165) is 0 Å². The monoisotopic (exact) mass is 454 g/mol. The van der Waals surface area contributed by atoms with E-state index in [0.29, 0.717) is 12.0 Å². The minimum absolute atomic E-state index is 0.0414. The number of aliphatic carboxylic acids is 1. The molecule has 0 aliphatic rings. The maximum Gasteiger partial charge on any atom is 0.322 e. The highest BCUT2D eigenvalue weighted by Crippen LogP contribution is 2.13. The fraction of sp³-hybridized carbons (Fsp3) is 0.500. The van der Waals surface area contributed by atoms with Crippen molar-refractivity contribution in [2.45, 2.75) is 44.8 Å². The van der Waals surface area contributed by atoms with Crippen molar-refractivity contribution >= 4 is 36.3 Å². The number of nitrogens with two attached hydrogens (primary N) is 1. The van der Waals surface area contributed by atoms with Crippen LogP contribution < -0.4 is 21.7 Å². The zero-order valence-electron chi connectivity index (χ0n) is 17.5. The first kappa shape index (κ1) is 26.2. The molecule has 172 valence electrons. The highest BCUT2D eigenvalue weighted by molar-refractivity contribution is 7.80. The largest absolute Gasteiger partial charge is 0.508 e. The lowest BCUT2D eigenvalue weighted by Crippen LogP contribution is -2.58. The molecule has 11 heteroatoms. The maximum atomic E-state index is 13.0. The van der Waals surface area contributed by atoms with Gasteiger partial charge in [0.2, 0.25) is 17.7 Å². The molecule has 0 saturated heterocycles. The second kappa shape index (κ2) is 12.8. The van der Waals surface area contributed by atoms with Crippen molar-refractivity contribution in [3.05, 3.63) is 29.8 Å². The predicted octanol–water partition coefficient (Wildman–Crippen LogP) is -0.592. The van der Waals surface area contributed by atoms with Gasteiger partial charge in [-0.15, -0.1) is 0 Å². The number of phenolic OH excluding ortho intramolecular Hbond substituents is 1. The van der Waals surface area contributed by atoms with E-state index in [9.17, 15) is 24.3 Å². The van der Waals surface area contributed by atoms with Gasteiger partial charge in [-0.3, -0.25) is 19.2 Å². The summed E-state index contributed by atoms with van der Waals surface area (Å²) in [6, 6.07) is 3.09. The Balaban J connectivity index is 3.04. The van der Waals surface area contributed by atoms with E-state index in [-0.39, 0.29) is 23.8 Å². The average molecular weight is 455 g/mol. The number of thiol groups is 1. The van der Waals surface area contributed by atoms with Gasteiger partial charge in [-0.25, -0.2) is 0 Å². The number of carboxylic acids is 1. The van der Waals surface area contributed by atoms with E-state index < -0.39 is 48.4 Å². The topological polar surface area (TPSA) is 171 Å². The maximum absolute atomic E-state index is 13.0. The Morgan fingerprint density at radius 3 is 2.19 bits per heavy atom. The molecule has 1 rings (SSSR count). The van der Waals surface area contributed by atoms with Crippen LogP contribution in [0.1, 0.15) is 25.8 Å². The van der Waals surface area contributed by atoms with E-state index >= 15 is 0 Å². The summed E-state index contributed by atoms with van der Waals surface area (Å²) in [5.41, 5.74) is 6.31. The highest BCUT2D eigenvalue weighted by atomic mass is 32.1. The Kier molecular flexibility index (Phi) is 10.8. The molecule has 0 fully saturated rings. The molecule has 0 aliphatic carbocycles. The van der Waals surface area contributed by atoms with Gasteiger partial charge in [0.1, 0.15) is 24.4 Å². The Morgan fingerprint density at radius 2 is 1.68 bits per heavy atom. The molecule has 0 saturated carbocycles. The van der Waals surface area contributed by atoms with E-state index in [1.54, 1.807) is 19.1 Å². The highest BCUT2D eigenvalue weighted by Gasteiger charge is 2.31. The molecule has 0 aliphatic heterocycles. The quantitative estimate of drug-likeness (QED) is 0.207. The zero-order valence-corrected chi connectivity index (χ0v) is 18.4. The van der Waals surface area contributed by atoms with Crippen molar-refractivity contribution in [3.63, 3.8) is 0 Å². The summed E-state index contributed by atoms with van der Waals surface area (Å²) >= 11 is 3.98. The molecule has 4 unspecified atom stereocenters. The van der Waals surface area contributed by atoms with Gasteiger partial charge in [0.25, 0.3) is 0 Å². The van der Waals surface area contributed by atoms with Crippen LogP contribution in [-0.4, -0.2) is 64.3 Å². The molecular formula is C20H30N4O6S. The van der Waals surface area contributed by atoms with E-state index in [2.05, 4.69) is 28.6 Å². The van der Waals surface area contributed by atoms with Crippen LogP contribution in [0.2, 0.25) is 0 Å². The summed E-state index contributed by atoms with van der Waals surface area (Å²) in [4.78, 5) is 48.5. The molecule has 1 aromatic carbocycles. The molecule has 0 aromatic heterocycles. The number of carboxylic acid groups (broad SMARTS) is 1. The third-order valence-corrected chi connectivity index (χ3v) is 5.14. The number of hydrogen-bond donors (Lipinski definition) is 7. The molecular weight excluding hydrogens is 424 g/mol. The van der Waals surface area contributed by atoms with Gasteiger partial charge in [0.05, 0.1) is 6.04 Å². The molecule has 0 heterocycles. The molecule has 31 heavy (non-hydrogen) atoms. The first-order valence-electron chi connectivity index (χ1n) is 9.83. The first-order chi connectivity index (χ1) is 14.6. The van der Waals surface area contributed by atoms with Crippen molar-refractivity contribution in [2.24, 2.45) is 11.7 Å². The van der Waals surface area contributed by atoms with Crippen molar-refractivity contribution in [1.29, 1.82) is 0 Å². The van der Waals surface area contributed by atoms with Crippen LogP contribution in [0, 0.1) is 5.92 Å². The van der Waals surface area contributed by atoms with Crippen LogP contribution >= 0.6 is 12.6 Å². The lowest BCUT2D eigenvalue weighted by Gasteiger charge is -2.27. The van der Waals surface area contributed by atoms with Crippen molar-refractivity contribution in [2.75, 3.05) is 12.3 Å². The van der Waals surface area contributed by atoms with Gasteiger partial charge in [0, 0.05) is 12.2 Å². The minimum atomic E-state index is -1.23. The smallest absolute Gasteiger partial charge is 0.322 e. The van der Waals surface area contributed by atoms with Crippen LogP contribution in [0.15, 0.2) is 24.3 Å². The van der Waals surface area contributed by atoms with Gasteiger partial charge in [-0.2, -0.15) is 12.6 Å². The van der Waals surface area contributed by atoms with Crippen molar-refractivity contribution in [1.82, 2.24) is 16.0 Å². The molecule has 1 aromatic rings. The molecule has 7 N–H and O–H groups in total. The fourth-order valence-corrected chi connectivity index (χ4v) is 2.84. The molecule has 0 spiro atoms. The number of hydrogen-bond acceptors (Lipinski definition) is 7. The van der Waals surface area contributed by atoms with Crippen LogP contribution in [0.5, 0.6) is 5.75 Å². The number of phenols is 1. The minimum Gasteiger partial charge on any atom is -0.508 e. The van der Waals surface area contributed by atoms with Crippen LogP contribution in [0.3, 0.4) is 0 Å². The molecule has 0 bridgehead atoms. The second-order valence-electron chi connectivity index (χ2n) is 7.20. The Morgan fingerprint density at radius 1 is 1.06 bits per heavy atom. The standard InChI is InChI=1S/C20H30N4O6S/c1-3-11(2)17(24-18(28)14(21)10-31)20(30)23-15(19(29)22-9-16(26)27)8-12-4-6-13(25)7-5-12/h4-7,11,14-15,17,25,31H,3,8-10,21H2,1-2H3,(H,22,29)(H,23,30)(H,24,28)(H,26,27). The molecule has 4 atom stereocenters. The summed E-state index contributed by atoms with van der Waals surface area (Å²) < 4.78 is 0. The SMILES string of the molecule is CCC(C)C(NC(=O)C(N)CS)C(=O)NC(Cc1ccc(O)cc1)C(=O)NCC(=O)O. The zero-order chi connectivity index (χ0) is 23.6. The predicted molar refractivity (Wildman–Crippen MR) is 118 cm³/mol. The lowest BCUT2D eigenvalue weighted by atomic mass is 9.97. The van der Waals surface area contributed by atoms with Crippen LogP contribution in [-0.2, 0) is 25.6 Å². The van der Waals surface area contributed by atoms with Gasteiger partial charge in [0.15, 0.2) is 0 Å². The summed E-state index contributed by atoms with van der Waals surface area (Å²) in [5, 5.41) is 25.7. The van der Waals surface area contributed by atoms with Crippen molar-refractivity contribution in [3.8, 4) is 5.75 Å². The number of benzene rings is 1. The van der Waals surface area contributed by atoms with Gasteiger partial charge >= 0.3 is 5.97 Å². The van der Waals surface area contributed by atoms with E-state index in [1.807, 2.05) is 6.92 Å². The Labute approximate surface area is 186 Å². The average Bonchev–Trinajstić information content (AvgIpc) is 2.75. The van der Waals surface area contributed by atoms with Gasteiger partial charge < -0.3 is 31.9 Å². The Hall–Kier alpha value is -2.79. The van der Waals surface area contributed by atoms with Crippen LogP contribution in [0.4, 0.5) is 0 Å². The molecule has 10 nitrogen and oxygen atoms in total. The third-order valence-electron chi connectivity index (χ3n) is 4.75. The van der Waals surface area contributed by atoms with Crippen LogP contribution in [0.25, 0.3) is 0 Å². The number of aromatic hydroxyl groups is 1. The normalized spacial score (nSPS) is 14.6. The van der Waals surface area contributed by atoms with Crippen molar-refractivity contribution < 1.29 is 29.4 Å². The number of carbonyl (C=O) groups excluding carboxylic acids is 3. The lowest BCUT2D eigenvalue weighted by molar-refractivity contribution is -0.138. The summed E-state index contributed by atoms with van der Waals surface area (Å²) in [5.74, 6) is -3.17. The van der Waals surface area contributed by atoms with E-state index in [4.69, 9.17) is 10.8 Å². The molecule has 0 radical (unpaired) electrons.